The maximum absolute atomic E-state index is 11.7. The van der Waals surface area contributed by atoms with Crippen LogP contribution in [0.3, 0.4) is 0 Å². The van der Waals surface area contributed by atoms with Gasteiger partial charge in [-0.1, -0.05) is 6.07 Å². The van der Waals surface area contributed by atoms with Gasteiger partial charge in [0.1, 0.15) is 17.5 Å². The van der Waals surface area contributed by atoms with E-state index >= 15 is 0 Å². The van der Waals surface area contributed by atoms with Crippen LogP contribution in [0.2, 0.25) is 0 Å². The Kier molecular flexibility index (Phi) is 6.47. The summed E-state index contributed by atoms with van der Waals surface area (Å²) >= 11 is 1.67. The van der Waals surface area contributed by atoms with Crippen LogP contribution in [0, 0.1) is 5.92 Å². The second-order valence-corrected chi connectivity index (χ2v) is 8.53. The molecule has 0 radical (unpaired) electrons. The Bertz CT molecular complexity index is 1010. The molecule has 0 saturated carbocycles. The highest BCUT2D eigenvalue weighted by Crippen LogP contribution is 2.38. The minimum atomic E-state index is -0.235. The third-order valence-electron chi connectivity index (χ3n) is 5.72. The van der Waals surface area contributed by atoms with Crippen molar-refractivity contribution in [3.63, 3.8) is 0 Å². The summed E-state index contributed by atoms with van der Waals surface area (Å²) in [6, 6.07) is 9.62. The van der Waals surface area contributed by atoms with E-state index in [2.05, 4.69) is 26.5 Å². The van der Waals surface area contributed by atoms with Gasteiger partial charge in [-0.3, -0.25) is 9.69 Å². The van der Waals surface area contributed by atoms with E-state index in [-0.39, 0.29) is 17.9 Å². The molecule has 3 aromatic rings. The summed E-state index contributed by atoms with van der Waals surface area (Å²) in [7, 11) is 3.27. The molecule has 1 amide bonds. The number of amides is 1. The molecule has 0 spiro atoms. The number of tetrazole rings is 1. The molecule has 9 nitrogen and oxygen atoms in total. The topological polar surface area (TPSA) is 108 Å². The van der Waals surface area contributed by atoms with Gasteiger partial charge < -0.3 is 15.2 Å². The van der Waals surface area contributed by atoms with Crippen LogP contribution in [-0.2, 0) is 11.3 Å². The molecule has 1 saturated heterocycles. The third-order valence-corrected chi connectivity index (χ3v) is 6.58. The highest BCUT2D eigenvalue weighted by Gasteiger charge is 2.34. The van der Waals surface area contributed by atoms with E-state index in [9.17, 15) is 4.79 Å². The third kappa shape index (κ3) is 4.54. The first-order valence-corrected chi connectivity index (χ1v) is 11.0. The molecular formula is C21H26N6O3S. The summed E-state index contributed by atoms with van der Waals surface area (Å²) in [4.78, 5) is 15.1. The zero-order chi connectivity index (χ0) is 21.8. The molecule has 2 N–H and O–H groups in total. The number of ether oxygens (including phenoxy) is 2. The van der Waals surface area contributed by atoms with Crippen LogP contribution in [-0.4, -0.2) is 58.3 Å². The number of primary amides is 1. The highest BCUT2D eigenvalue weighted by molar-refractivity contribution is 7.09. The van der Waals surface area contributed by atoms with Gasteiger partial charge >= 0.3 is 0 Å². The molecule has 2 aromatic heterocycles. The molecular weight excluding hydrogens is 416 g/mol. The van der Waals surface area contributed by atoms with Crippen molar-refractivity contribution in [1.82, 2.24) is 25.1 Å². The first-order valence-electron chi connectivity index (χ1n) is 10.1. The number of carbonyl (C=O) groups is 1. The molecule has 0 bridgehead atoms. The maximum Gasteiger partial charge on any atom is 0.220 e. The van der Waals surface area contributed by atoms with Gasteiger partial charge in [-0.05, 0) is 59.9 Å². The lowest BCUT2D eigenvalue weighted by molar-refractivity contribution is -0.123. The molecule has 4 rings (SSSR count). The first kappa shape index (κ1) is 21.3. The van der Waals surface area contributed by atoms with E-state index in [0.29, 0.717) is 44.0 Å². The highest BCUT2D eigenvalue weighted by atomic mass is 32.1. The number of rotatable bonds is 8. The molecule has 1 unspecified atom stereocenters. The standard InChI is InChI=1S/C21H26N6O3S/c1-29-15-5-6-17(18(12-15)30-2)19(26-9-7-14(8-10-26)20(22)28)21-23-24-25-27(21)13-16-4-3-11-31-16/h3-6,11-12,14,19H,7-10,13H2,1-2H3,(H2,22,28). The zero-order valence-corrected chi connectivity index (χ0v) is 18.4. The van der Waals surface area contributed by atoms with Gasteiger partial charge in [-0.15, -0.1) is 16.4 Å². The number of methoxy groups -OCH3 is 2. The van der Waals surface area contributed by atoms with Gasteiger partial charge in [0.2, 0.25) is 5.91 Å². The Morgan fingerprint density at radius 1 is 1.26 bits per heavy atom. The fourth-order valence-corrected chi connectivity index (χ4v) is 4.74. The smallest absolute Gasteiger partial charge is 0.220 e. The van der Waals surface area contributed by atoms with Crippen molar-refractivity contribution >= 4 is 17.2 Å². The fraction of sp³-hybridized carbons (Fsp3) is 0.429. The van der Waals surface area contributed by atoms with Crippen molar-refractivity contribution in [2.45, 2.75) is 25.4 Å². The van der Waals surface area contributed by atoms with Gasteiger partial charge in [-0.2, -0.15) is 0 Å². The molecule has 1 aliphatic rings. The summed E-state index contributed by atoms with van der Waals surface area (Å²) in [5.41, 5.74) is 6.49. The minimum absolute atomic E-state index is 0.100. The Balaban J connectivity index is 1.73. The van der Waals surface area contributed by atoms with Gasteiger partial charge in [0.05, 0.1) is 20.8 Å². The summed E-state index contributed by atoms with van der Waals surface area (Å²) in [5.74, 6) is 1.81. The lowest BCUT2D eigenvalue weighted by Gasteiger charge is -2.36. The van der Waals surface area contributed by atoms with Crippen LogP contribution in [0.25, 0.3) is 0 Å². The van der Waals surface area contributed by atoms with E-state index in [1.165, 1.54) is 4.88 Å². The van der Waals surface area contributed by atoms with Crippen molar-refractivity contribution in [1.29, 1.82) is 0 Å². The lowest BCUT2D eigenvalue weighted by atomic mass is 9.93. The molecule has 1 fully saturated rings. The summed E-state index contributed by atoms with van der Waals surface area (Å²) in [5, 5.41) is 14.7. The molecule has 164 valence electrons. The Morgan fingerprint density at radius 2 is 2.06 bits per heavy atom. The van der Waals surface area contributed by atoms with Crippen LogP contribution in [0.5, 0.6) is 11.5 Å². The number of hydrogen-bond donors (Lipinski definition) is 1. The van der Waals surface area contributed by atoms with Crippen molar-refractivity contribution in [3.05, 3.63) is 52.0 Å². The largest absolute Gasteiger partial charge is 0.497 e. The SMILES string of the molecule is COc1ccc(C(c2nnnn2Cc2cccs2)N2CCC(C(N)=O)CC2)c(OC)c1. The van der Waals surface area contributed by atoms with Crippen LogP contribution >= 0.6 is 11.3 Å². The molecule has 1 aliphatic heterocycles. The van der Waals surface area contributed by atoms with Crippen LogP contribution in [0.4, 0.5) is 0 Å². The fourth-order valence-electron chi connectivity index (χ4n) is 4.06. The van der Waals surface area contributed by atoms with Crippen molar-refractivity contribution in [3.8, 4) is 11.5 Å². The average molecular weight is 443 g/mol. The number of nitrogens with two attached hydrogens (primary N) is 1. The number of likely N-dealkylation sites (tertiary alicyclic amines) is 1. The van der Waals surface area contributed by atoms with Crippen LogP contribution in [0.1, 0.15) is 35.1 Å². The quantitative estimate of drug-likeness (QED) is 0.569. The molecule has 1 atom stereocenters. The van der Waals surface area contributed by atoms with Crippen molar-refractivity contribution in [2.75, 3.05) is 27.3 Å². The van der Waals surface area contributed by atoms with E-state index in [0.717, 1.165) is 11.4 Å². The van der Waals surface area contributed by atoms with Gasteiger partial charge in [0.15, 0.2) is 5.82 Å². The molecule has 31 heavy (non-hydrogen) atoms. The van der Waals surface area contributed by atoms with Gasteiger partial charge in [0.25, 0.3) is 0 Å². The average Bonchev–Trinajstić information content (AvgIpc) is 3.47. The number of nitrogens with zero attached hydrogens (tertiary/aromatic N) is 5. The molecule has 10 heteroatoms. The lowest BCUT2D eigenvalue weighted by Crippen LogP contribution is -2.41. The minimum Gasteiger partial charge on any atom is -0.497 e. The predicted molar refractivity (Wildman–Crippen MR) is 116 cm³/mol. The normalized spacial score (nSPS) is 16.2. The predicted octanol–water partition coefficient (Wildman–Crippen LogP) is 2.09. The first-order chi connectivity index (χ1) is 15.1. The second kappa shape index (κ2) is 9.44. The Hall–Kier alpha value is -2.98. The maximum atomic E-state index is 11.7. The number of piperidine rings is 1. The summed E-state index contributed by atoms with van der Waals surface area (Å²) in [6.07, 6.45) is 1.41. The number of aromatic nitrogens is 4. The Morgan fingerprint density at radius 3 is 2.71 bits per heavy atom. The van der Waals surface area contributed by atoms with Gasteiger partial charge in [-0.25, -0.2) is 4.68 Å². The zero-order valence-electron chi connectivity index (χ0n) is 17.6. The van der Waals surface area contributed by atoms with Crippen molar-refractivity contribution < 1.29 is 14.3 Å². The van der Waals surface area contributed by atoms with Crippen molar-refractivity contribution in [2.24, 2.45) is 11.7 Å². The summed E-state index contributed by atoms with van der Waals surface area (Å²) < 4.78 is 12.9. The molecule has 1 aromatic carbocycles. The number of carbonyl (C=O) groups excluding carboxylic acids is 1. The summed E-state index contributed by atoms with van der Waals surface area (Å²) in [6.45, 7) is 2.01. The number of benzene rings is 1. The number of hydrogen-bond acceptors (Lipinski definition) is 8. The monoisotopic (exact) mass is 442 g/mol. The van der Waals surface area contributed by atoms with E-state index < -0.39 is 0 Å². The molecule has 3 heterocycles. The second-order valence-electron chi connectivity index (χ2n) is 7.50. The van der Waals surface area contributed by atoms with E-state index in [1.807, 2.05) is 34.3 Å². The van der Waals surface area contributed by atoms with Crippen LogP contribution < -0.4 is 15.2 Å². The van der Waals surface area contributed by atoms with E-state index in [1.54, 1.807) is 25.6 Å². The van der Waals surface area contributed by atoms with E-state index in [4.69, 9.17) is 15.2 Å². The van der Waals surface area contributed by atoms with Crippen LogP contribution in [0.15, 0.2) is 35.7 Å². The molecule has 0 aliphatic carbocycles. The number of thiophene rings is 1. The van der Waals surface area contributed by atoms with Gasteiger partial charge in [0, 0.05) is 22.4 Å². The Labute approximate surface area is 184 Å².